The Balaban J connectivity index is 1.80. The van der Waals surface area contributed by atoms with Crippen molar-refractivity contribution in [3.63, 3.8) is 0 Å². The first-order valence-electron chi connectivity index (χ1n) is 6.75. The first-order chi connectivity index (χ1) is 10.7. The number of halogens is 1. The average molecular weight is 332 g/mol. The summed E-state index contributed by atoms with van der Waals surface area (Å²) in [5, 5.41) is 7.79. The summed E-state index contributed by atoms with van der Waals surface area (Å²) >= 11 is 7.55. The zero-order valence-corrected chi connectivity index (χ0v) is 13.2. The van der Waals surface area contributed by atoms with E-state index in [4.69, 9.17) is 11.6 Å². The highest BCUT2D eigenvalue weighted by Gasteiger charge is 2.17. The van der Waals surface area contributed by atoms with Crippen LogP contribution >= 0.6 is 22.9 Å². The molecule has 1 N–H and O–H groups in total. The van der Waals surface area contributed by atoms with E-state index in [2.05, 4.69) is 10.3 Å². The molecular weight excluding hydrogens is 318 g/mol. The van der Waals surface area contributed by atoms with Crippen LogP contribution in [0.1, 0.15) is 17.2 Å². The minimum absolute atomic E-state index is 0.0656. The van der Waals surface area contributed by atoms with Crippen LogP contribution in [0.25, 0.3) is 0 Å². The number of thiophene rings is 1. The minimum Gasteiger partial charge on any atom is -0.344 e. The van der Waals surface area contributed by atoms with E-state index in [9.17, 15) is 4.79 Å². The maximum Gasteiger partial charge on any atom is 0.240 e. The molecule has 0 unspecified atom stereocenters. The van der Waals surface area contributed by atoms with Gasteiger partial charge < -0.3 is 9.88 Å². The predicted octanol–water partition coefficient (Wildman–Crippen LogP) is 3.50. The SMILES string of the molecule is O=C(Cn1ccnc1)N[C@@H](c1ccc(Cl)cc1)c1ccsc1. The number of benzene rings is 1. The Hall–Kier alpha value is -2.11. The monoisotopic (exact) mass is 331 g/mol. The molecule has 0 radical (unpaired) electrons. The number of nitrogens with zero attached hydrogens (tertiary/aromatic N) is 2. The van der Waals surface area contributed by atoms with Gasteiger partial charge in [0.1, 0.15) is 6.54 Å². The lowest BCUT2D eigenvalue weighted by molar-refractivity contribution is -0.122. The Bertz CT molecular complexity index is 723. The van der Waals surface area contributed by atoms with Gasteiger partial charge in [-0.3, -0.25) is 4.79 Å². The molecule has 22 heavy (non-hydrogen) atoms. The van der Waals surface area contributed by atoms with Crippen molar-refractivity contribution in [2.75, 3.05) is 0 Å². The molecule has 0 saturated heterocycles. The summed E-state index contributed by atoms with van der Waals surface area (Å²) in [6.45, 7) is 0.244. The van der Waals surface area contributed by atoms with Gasteiger partial charge in [0.05, 0.1) is 12.4 Å². The zero-order valence-electron chi connectivity index (χ0n) is 11.6. The van der Waals surface area contributed by atoms with Crippen LogP contribution in [0.4, 0.5) is 0 Å². The van der Waals surface area contributed by atoms with E-state index < -0.39 is 0 Å². The normalized spacial score (nSPS) is 12.0. The number of imidazole rings is 1. The van der Waals surface area contributed by atoms with Gasteiger partial charge in [-0.2, -0.15) is 11.3 Å². The minimum atomic E-state index is -0.181. The Labute approximate surface area is 137 Å². The van der Waals surface area contributed by atoms with Gasteiger partial charge in [-0.05, 0) is 40.1 Å². The molecule has 2 aromatic heterocycles. The molecule has 0 fully saturated rings. The predicted molar refractivity (Wildman–Crippen MR) is 88.0 cm³/mol. The molecule has 1 amide bonds. The number of rotatable bonds is 5. The number of nitrogens with one attached hydrogen (secondary N) is 1. The summed E-state index contributed by atoms with van der Waals surface area (Å²) in [5.74, 6) is -0.0656. The van der Waals surface area contributed by atoms with Crippen LogP contribution in [0.2, 0.25) is 5.02 Å². The standard InChI is InChI=1S/C16H14ClN3OS/c17-14-3-1-12(2-4-14)16(13-5-8-22-10-13)19-15(21)9-20-7-6-18-11-20/h1-8,10-11,16H,9H2,(H,19,21)/t16-/m0/s1. The van der Waals surface area contributed by atoms with Crippen molar-refractivity contribution < 1.29 is 4.79 Å². The third kappa shape index (κ3) is 3.55. The van der Waals surface area contributed by atoms with Crippen LogP contribution < -0.4 is 5.32 Å². The second-order valence-electron chi connectivity index (χ2n) is 4.84. The summed E-state index contributed by atoms with van der Waals surface area (Å²) in [7, 11) is 0. The van der Waals surface area contributed by atoms with Crippen molar-refractivity contribution in [2.45, 2.75) is 12.6 Å². The van der Waals surface area contributed by atoms with Crippen molar-refractivity contribution in [1.29, 1.82) is 0 Å². The molecule has 1 aromatic carbocycles. The molecular formula is C16H14ClN3OS. The van der Waals surface area contributed by atoms with Crippen molar-refractivity contribution in [1.82, 2.24) is 14.9 Å². The molecule has 112 valence electrons. The van der Waals surface area contributed by atoms with E-state index in [0.29, 0.717) is 5.02 Å². The molecule has 0 saturated carbocycles. The fourth-order valence-corrected chi connectivity index (χ4v) is 3.02. The van der Waals surface area contributed by atoms with Crippen molar-refractivity contribution in [3.05, 3.63) is 76.0 Å². The molecule has 0 aliphatic carbocycles. The van der Waals surface area contributed by atoms with E-state index in [0.717, 1.165) is 11.1 Å². The second-order valence-corrected chi connectivity index (χ2v) is 6.06. The molecule has 6 heteroatoms. The van der Waals surface area contributed by atoms with Crippen LogP contribution in [0.15, 0.2) is 59.8 Å². The molecule has 0 bridgehead atoms. The van der Waals surface area contributed by atoms with Gasteiger partial charge in [0, 0.05) is 17.4 Å². The third-order valence-corrected chi connectivity index (χ3v) is 4.22. The Morgan fingerprint density at radius 3 is 2.73 bits per heavy atom. The Kier molecular flexibility index (Phi) is 4.56. The maximum absolute atomic E-state index is 12.3. The van der Waals surface area contributed by atoms with E-state index in [-0.39, 0.29) is 18.5 Å². The van der Waals surface area contributed by atoms with Crippen LogP contribution in [-0.2, 0) is 11.3 Å². The van der Waals surface area contributed by atoms with Crippen molar-refractivity contribution in [2.24, 2.45) is 0 Å². The highest BCUT2D eigenvalue weighted by Crippen LogP contribution is 2.25. The Morgan fingerprint density at radius 1 is 1.27 bits per heavy atom. The van der Waals surface area contributed by atoms with Crippen molar-refractivity contribution >= 4 is 28.8 Å². The quantitative estimate of drug-likeness (QED) is 0.777. The molecule has 0 aliphatic rings. The van der Waals surface area contributed by atoms with E-state index in [1.807, 2.05) is 41.1 Å². The highest BCUT2D eigenvalue weighted by molar-refractivity contribution is 7.08. The van der Waals surface area contributed by atoms with Crippen LogP contribution in [0.5, 0.6) is 0 Å². The number of carbonyl (C=O) groups excluding carboxylic acids is 1. The smallest absolute Gasteiger partial charge is 0.240 e. The van der Waals surface area contributed by atoms with Gasteiger partial charge in [0.2, 0.25) is 5.91 Å². The van der Waals surface area contributed by atoms with Crippen LogP contribution in [0.3, 0.4) is 0 Å². The lowest BCUT2D eigenvalue weighted by Gasteiger charge is -2.19. The second kappa shape index (κ2) is 6.77. The summed E-state index contributed by atoms with van der Waals surface area (Å²) in [6, 6.07) is 9.36. The molecule has 3 rings (SSSR count). The van der Waals surface area contributed by atoms with Crippen molar-refractivity contribution in [3.8, 4) is 0 Å². The number of aromatic nitrogens is 2. The lowest BCUT2D eigenvalue weighted by Crippen LogP contribution is -2.31. The molecule has 2 heterocycles. The fraction of sp³-hybridized carbons (Fsp3) is 0.125. The molecule has 0 aliphatic heterocycles. The topological polar surface area (TPSA) is 46.9 Å². The van der Waals surface area contributed by atoms with E-state index in [1.165, 1.54) is 0 Å². The van der Waals surface area contributed by atoms with Gasteiger partial charge >= 0.3 is 0 Å². The van der Waals surface area contributed by atoms with E-state index in [1.54, 1.807) is 34.6 Å². The number of amides is 1. The first kappa shape index (κ1) is 14.8. The first-order valence-corrected chi connectivity index (χ1v) is 8.07. The average Bonchev–Trinajstić information content (AvgIpc) is 3.19. The van der Waals surface area contributed by atoms with Gasteiger partial charge in [-0.1, -0.05) is 23.7 Å². The summed E-state index contributed by atoms with van der Waals surface area (Å²) in [5.41, 5.74) is 2.06. The molecule has 4 nitrogen and oxygen atoms in total. The molecule has 3 aromatic rings. The lowest BCUT2D eigenvalue weighted by atomic mass is 10.0. The molecule has 1 atom stereocenters. The summed E-state index contributed by atoms with van der Waals surface area (Å²) < 4.78 is 1.74. The third-order valence-electron chi connectivity index (χ3n) is 3.27. The number of hydrogen-bond donors (Lipinski definition) is 1. The van der Waals surface area contributed by atoms with Gasteiger partial charge in [0.25, 0.3) is 0 Å². The number of carbonyl (C=O) groups is 1. The number of hydrogen-bond acceptors (Lipinski definition) is 3. The molecule has 0 spiro atoms. The summed E-state index contributed by atoms with van der Waals surface area (Å²) in [4.78, 5) is 16.2. The van der Waals surface area contributed by atoms with Crippen LogP contribution in [0, 0.1) is 0 Å². The largest absolute Gasteiger partial charge is 0.344 e. The van der Waals surface area contributed by atoms with E-state index >= 15 is 0 Å². The Morgan fingerprint density at radius 2 is 2.09 bits per heavy atom. The van der Waals surface area contributed by atoms with Crippen LogP contribution in [-0.4, -0.2) is 15.5 Å². The van der Waals surface area contributed by atoms with Gasteiger partial charge in [-0.15, -0.1) is 0 Å². The zero-order chi connectivity index (χ0) is 15.4. The maximum atomic E-state index is 12.3. The van der Waals surface area contributed by atoms with Gasteiger partial charge in [-0.25, -0.2) is 4.98 Å². The van der Waals surface area contributed by atoms with Gasteiger partial charge in [0.15, 0.2) is 0 Å². The highest BCUT2D eigenvalue weighted by atomic mass is 35.5. The summed E-state index contributed by atoms with van der Waals surface area (Å²) in [6.07, 6.45) is 5.05. The fourth-order valence-electron chi connectivity index (χ4n) is 2.21.